The van der Waals surface area contributed by atoms with E-state index in [2.05, 4.69) is 40.7 Å². The molecule has 40 heavy (non-hydrogen) atoms. The van der Waals surface area contributed by atoms with E-state index in [9.17, 15) is 13.6 Å². The summed E-state index contributed by atoms with van der Waals surface area (Å²) < 4.78 is 38.1. The highest BCUT2D eigenvalue weighted by molar-refractivity contribution is 5.98. The predicted molar refractivity (Wildman–Crippen MR) is 145 cm³/mol. The Kier molecular flexibility index (Phi) is 7.54. The summed E-state index contributed by atoms with van der Waals surface area (Å²) in [7, 11) is 1.74. The number of carbonyl (C=O) groups excluding carboxylic acids is 1. The first-order valence-corrected chi connectivity index (χ1v) is 14.7. The minimum Gasteiger partial charge on any atom is -0.425 e. The van der Waals surface area contributed by atoms with Gasteiger partial charge in [-0.05, 0) is 55.6 Å². The lowest BCUT2D eigenvalue weighted by Gasteiger charge is -2.39. The molecule has 4 fully saturated rings. The van der Waals surface area contributed by atoms with E-state index >= 15 is 0 Å². The molecule has 3 saturated carbocycles. The molecule has 3 heterocycles. The lowest BCUT2D eigenvalue weighted by Crippen LogP contribution is -2.52. The maximum atomic E-state index is 14.2. The fourth-order valence-electron chi connectivity index (χ4n) is 6.18. The number of ether oxygens (including phenoxy) is 1. The van der Waals surface area contributed by atoms with E-state index in [1.807, 2.05) is 11.1 Å². The molecule has 3 aliphatic carbocycles. The topological polar surface area (TPSA) is 105 Å². The van der Waals surface area contributed by atoms with Gasteiger partial charge in [0, 0.05) is 63.8 Å². The van der Waals surface area contributed by atoms with Crippen molar-refractivity contribution in [2.75, 3.05) is 32.1 Å². The zero-order valence-electron chi connectivity index (χ0n) is 23.5. The monoisotopic (exact) mass is 558 g/mol. The van der Waals surface area contributed by atoms with E-state index in [-0.39, 0.29) is 54.7 Å². The van der Waals surface area contributed by atoms with Crippen LogP contribution in [0.15, 0.2) is 16.7 Å². The van der Waals surface area contributed by atoms with Crippen molar-refractivity contribution >= 4 is 11.6 Å². The SMILES string of the molecule is COC1CC(Nc2cc(C3CC3)cnc2C(=O)N(CC(C)C)C2CNC[C@H](c3nnc(C4CC(F)(F)C4)o3)C2)C1. The number of amides is 1. The number of anilines is 1. The van der Waals surface area contributed by atoms with Crippen molar-refractivity contribution < 1.29 is 22.7 Å². The van der Waals surface area contributed by atoms with Crippen LogP contribution in [0.1, 0.15) is 104 Å². The summed E-state index contributed by atoms with van der Waals surface area (Å²) in [6.45, 7) is 6.08. The van der Waals surface area contributed by atoms with Crippen molar-refractivity contribution in [3.8, 4) is 0 Å². The number of alkyl halides is 2. The van der Waals surface area contributed by atoms with Crippen LogP contribution in [0.5, 0.6) is 0 Å². The first-order valence-electron chi connectivity index (χ1n) is 14.7. The summed E-state index contributed by atoms with van der Waals surface area (Å²) in [5.74, 6) is -1.68. The quantitative estimate of drug-likeness (QED) is 0.433. The van der Waals surface area contributed by atoms with E-state index in [0.717, 1.165) is 18.5 Å². The fourth-order valence-corrected chi connectivity index (χ4v) is 6.18. The van der Waals surface area contributed by atoms with Gasteiger partial charge in [0.1, 0.15) is 0 Å². The summed E-state index contributed by atoms with van der Waals surface area (Å²) in [5, 5.41) is 15.3. The van der Waals surface area contributed by atoms with E-state index in [1.165, 1.54) is 18.4 Å². The van der Waals surface area contributed by atoms with Crippen LogP contribution in [0.3, 0.4) is 0 Å². The third-order valence-electron chi connectivity index (χ3n) is 8.78. The van der Waals surface area contributed by atoms with Gasteiger partial charge in [0.05, 0.1) is 17.7 Å². The first-order chi connectivity index (χ1) is 19.2. The van der Waals surface area contributed by atoms with Crippen LogP contribution >= 0.6 is 0 Å². The molecule has 1 aliphatic heterocycles. The van der Waals surface area contributed by atoms with Gasteiger partial charge < -0.3 is 24.7 Å². The number of rotatable bonds is 10. The number of nitrogens with zero attached hydrogens (tertiary/aromatic N) is 4. The number of hydrogen-bond donors (Lipinski definition) is 2. The highest BCUT2D eigenvalue weighted by Gasteiger charge is 2.48. The molecule has 2 N–H and O–H groups in total. The van der Waals surface area contributed by atoms with Crippen LogP contribution in [-0.4, -0.2) is 76.8 Å². The Labute approximate surface area is 233 Å². The van der Waals surface area contributed by atoms with Crippen molar-refractivity contribution in [2.24, 2.45) is 5.92 Å². The molecule has 2 atom stereocenters. The van der Waals surface area contributed by atoms with Gasteiger partial charge in [0.25, 0.3) is 5.91 Å². The van der Waals surface area contributed by atoms with Gasteiger partial charge in [0.2, 0.25) is 17.7 Å². The van der Waals surface area contributed by atoms with Crippen LogP contribution < -0.4 is 10.6 Å². The summed E-state index contributed by atoms with van der Waals surface area (Å²) >= 11 is 0. The van der Waals surface area contributed by atoms with Crippen LogP contribution in [0.2, 0.25) is 0 Å². The lowest BCUT2D eigenvalue weighted by molar-refractivity contribution is -0.0920. The van der Waals surface area contributed by atoms with Gasteiger partial charge in [-0.2, -0.15) is 0 Å². The predicted octanol–water partition coefficient (Wildman–Crippen LogP) is 4.69. The van der Waals surface area contributed by atoms with E-state index in [1.54, 1.807) is 7.11 Å². The van der Waals surface area contributed by atoms with Crippen LogP contribution in [0.25, 0.3) is 0 Å². The summed E-state index contributed by atoms with van der Waals surface area (Å²) in [4.78, 5) is 20.9. The summed E-state index contributed by atoms with van der Waals surface area (Å²) in [6.07, 6.45) is 6.43. The number of piperidine rings is 1. The largest absolute Gasteiger partial charge is 0.425 e. The average molecular weight is 559 g/mol. The Morgan fingerprint density at radius 1 is 1.15 bits per heavy atom. The van der Waals surface area contributed by atoms with Crippen molar-refractivity contribution in [3.63, 3.8) is 0 Å². The van der Waals surface area contributed by atoms with Gasteiger partial charge in [0.15, 0.2) is 5.69 Å². The Balaban J connectivity index is 1.20. The molecule has 2 aromatic rings. The molecule has 6 rings (SSSR count). The van der Waals surface area contributed by atoms with Gasteiger partial charge in [-0.15, -0.1) is 10.2 Å². The van der Waals surface area contributed by atoms with E-state index in [0.29, 0.717) is 49.4 Å². The van der Waals surface area contributed by atoms with Gasteiger partial charge in [-0.1, -0.05) is 13.8 Å². The number of nitrogens with one attached hydrogen (secondary N) is 2. The second-order valence-electron chi connectivity index (χ2n) is 12.6. The maximum Gasteiger partial charge on any atom is 0.274 e. The second-order valence-corrected chi connectivity index (χ2v) is 12.6. The number of pyridine rings is 1. The molecule has 218 valence electrons. The number of carbonyl (C=O) groups is 1. The molecule has 1 saturated heterocycles. The second kappa shape index (κ2) is 11.0. The van der Waals surface area contributed by atoms with E-state index in [4.69, 9.17) is 14.1 Å². The number of hydrogen-bond acceptors (Lipinski definition) is 8. The van der Waals surface area contributed by atoms with Crippen LogP contribution in [0, 0.1) is 5.92 Å². The molecule has 0 aromatic carbocycles. The third-order valence-corrected chi connectivity index (χ3v) is 8.78. The van der Waals surface area contributed by atoms with Crippen molar-refractivity contribution in [1.29, 1.82) is 0 Å². The third kappa shape index (κ3) is 5.86. The highest BCUT2D eigenvalue weighted by Crippen LogP contribution is 2.48. The minimum atomic E-state index is -2.64. The van der Waals surface area contributed by atoms with Crippen molar-refractivity contribution in [3.05, 3.63) is 35.3 Å². The molecule has 0 bridgehead atoms. The molecular formula is C29H40F2N6O3. The van der Waals surface area contributed by atoms with Gasteiger partial charge in [-0.3, -0.25) is 4.79 Å². The van der Waals surface area contributed by atoms with E-state index < -0.39 is 5.92 Å². The molecule has 1 unspecified atom stereocenters. The molecule has 1 amide bonds. The van der Waals surface area contributed by atoms with Crippen LogP contribution in [0.4, 0.5) is 14.5 Å². The average Bonchev–Trinajstić information content (AvgIpc) is 3.63. The number of aromatic nitrogens is 3. The first kappa shape index (κ1) is 27.5. The summed E-state index contributed by atoms with van der Waals surface area (Å²) in [6, 6.07) is 2.28. The standard InChI is InChI=1S/C29H40F2N6O3/c1-16(2)15-37(22-6-19(12-32-14-22)26-35-36-27(40-26)20-10-29(30,31)11-20)28(38)25-24(34-21-8-23(9-21)39-3)7-18(13-33-25)17-4-5-17/h7,13,16-17,19-23,32,34H,4-6,8-12,14-15H2,1-3H3/t19-,21?,22?,23?/m1/s1. The Hall–Kier alpha value is -2.66. The van der Waals surface area contributed by atoms with Gasteiger partial charge >= 0.3 is 0 Å². The number of halogens is 2. The van der Waals surface area contributed by atoms with Crippen molar-refractivity contribution in [2.45, 2.75) is 101 Å². The molecule has 0 spiro atoms. The molecule has 4 aliphatic rings. The Morgan fingerprint density at radius 3 is 2.52 bits per heavy atom. The Bertz CT molecular complexity index is 1200. The van der Waals surface area contributed by atoms with Crippen LogP contribution in [-0.2, 0) is 4.74 Å². The zero-order chi connectivity index (χ0) is 28.0. The normalized spacial score (nSPS) is 28.1. The maximum absolute atomic E-state index is 14.2. The van der Waals surface area contributed by atoms with Crippen molar-refractivity contribution in [1.82, 2.24) is 25.4 Å². The minimum absolute atomic E-state index is 0.0865. The molecule has 0 radical (unpaired) electrons. The van der Waals surface area contributed by atoms with Gasteiger partial charge in [-0.25, -0.2) is 13.8 Å². The smallest absolute Gasteiger partial charge is 0.274 e. The Morgan fingerprint density at radius 2 is 1.88 bits per heavy atom. The summed E-state index contributed by atoms with van der Waals surface area (Å²) in [5.41, 5.74) is 2.45. The molecule has 2 aromatic heterocycles. The molecular weight excluding hydrogens is 518 g/mol. The molecule has 9 nitrogen and oxygen atoms in total. The zero-order valence-corrected chi connectivity index (χ0v) is 23.5. The lowest BCUT2D eigenvalue weighted by atomic mass is 9.81. The highest BCUT2D eigenvalue weighted by atomic mass is 19.3. The number of methoxy groups -OCH3 is 1. The fraction of sp³-hybridized carbons (Fsp3) is 0.724. The molecule has 11 heteroatoms.